The quantitative estimate of drug-likeness (QED) is 0.794. The summed E-state index contributed by atoms with van der Waals surface area (Å²) in [6, 6.07) is 5.73. The average Bonchev–Trinajstić information content (AvgIpc) is 3.23. The van der Waals surface area contributed by atoms with Gasteiger partial charge in [0.1, 0.15) is 17.5 Å². The third-order valence-corrected chi connectivity index (χ3v) is 4.84. The van der Waals surface area contributed by atoms with E-state index in [9.17, 15) is 9.59 Å². The third-order valence-electron chi connectivity index (χ3n) is 4.84. The van der Waals surface area contributed by atoms with Crippen LogP contribution in [0.1, 0.15) is 24.4 Å². The van der Waals surface area contributed by atoms with E-state index in [0.29, 0.717) is 19.6 Å². The predicted molar refractivity (Wildman–Crippen MR) is 87.3 cm³/mol. The van der Waals surface area contributed by atoms with Gasteiger partial charge in [-0.25, -0.2) is 4.79 Å². The van der Waals surface area contributed by atoms with Gasteiger partial charge in [0.05, 0.1) is 26.3 Å². The maximum Gasteiger partial charge on any atom is 0.324 e. The van der Waals surface area contributed by atoms with E-state index in [-0.39, 0.29) is 18.0 Å². The van der Waals surface area contributed by atoms with Crippen LogP contribution in [0.25, 0.3) is 0 Å². The average molecular weight is 334 g/mol. The third kappa shape index (κ3) is 3.17. The first-order valence-electron chi connectivity index (χ1n) is 8.28. The molecule has 130 valence electrons. The number of carbonyl (C=O) groups is 2. The zero-order valence-electron chi connectivity index (χ0n) is 14.1. The lowest BCUT2D eigenvalue weighted by Crippen LogP contribution is -3.11. The summed E-state index contributed by atoms with van der Waals surface area (Å²) in [5.41, 5.74) is 1.09. The van der Waals surface area contributed by atoms with Gasteiger partial charge in [0.2, 0.25) is 0 Å². The van der Waals surface area contributed by atoms with Gasteiger partial charge >= 0.3 is 6.03 Å². The van der Waals surface area contributed by atoms with Gasteiger partial charge in [0.15, 0.2) is 6.54 Å². The number of quaternary nitrogens is 1. The van der Waals surface area contributed by atoms with Gasteiger partial charge in [-0.2, -0.15) is 0 Å². The van der Waals surface area contributed by atoms with E-state index in [1.165, 1.54) is 9.80 Å². The van der Waals surface area contributed by atoms with Crippen LogP contribution in [0.5, 0.6) is 11.5 Å². The monoisotopic (exact) mass is 334 g/mol. The topological polar surface area (TPSA) is 72.3 Å². The molecule has 3 amide bonds. The van der Waals surface area contributed by atoms with Crippen molar-refractivity contribution in [2.75, 3.05) is 40.4 Å². The number of urea groups is 1. The molecule has 0 aliphatic carbocycles. The van der Waals surface area contributed by atoms with Crippen LogP contribution < -0.4 is 19.7 Å². The van der Waals surface area contributed by atoms with Crippen LogP contribution in [0.3, 0.4) is 0 Å². The highest BCUT2D eigenvalue weighted by atomic mass is 16.5. The largest absolute Gasteiger partial charge is 0.497 e. The molecule has 7 nitrogen and oxygen atoms in total. The molecular formula is C17H24N3O4+. The molecule has 2 aliphatic heterocycles. The van der Waals surface area contributed by atoms with E-state index in [0.717, 1.165) is 36.4 Å². The first-order chi connectivity index (χ1) is 11.6. The van der Waals surface area contributed by atoms with Crippen molar-refractivity contribution >= 4 is 11.9 Å². The van der Waals surface area contributed by atoms with Crippen LogP contribution in [0, 0.1) is 0 Å². The van der Waals surface area contributed by atoms with Gasteiger partial charge in [-0.05, 0) is 12.1 Å². The molecule has 2 aliphatic rings. The highest BCUT2D eigenvalue weighted by Crippen LogP contribution is 2.31. The Kier molecular flexibility index (Phi) is 4.89. The Bertz CT molecular complexity index is 634. The van der Waals surface area contributed by atoms with Crippen molar-refractivity contribution in [3.05, 3.63) is 23.8 Å². The van der Waals surface area contributed by atoms with E-state index >= 15 is 0 Å². The fourth-order valence-electron chi connectivity index (χ4n) is 3.60. The van der Waals surface area contributed by atoms with Crippen LogP contribution in [0.2, 0.25) is 0 Å². The van der Waals surface area contributed by atoms with E-state index in [4.69, 9.17) is 9.47 Å². The number of amides is 3. The number of carbonyl (C=O) groups excluding carboxylic acids is 2. The minimum absolute atomic E-state index is 0.112. The number of hydrogen-bond acceptors (Lipinski definition) is 4. The molecular weight excluding hydrogens is 310 g/mol. The van der Waals surface area contributed by atoms with Crippen LogP contribution in [-0.2, 0) is 4.79 Å². The van der Waals surface area contributed by atoms with Crippen molar-refractivity contribution in [1.29, 1.82) is 0 Å². The number of nitrogens with one attached hydrogen (secondary N) is 2. The lowest BCUT2D eigenvalue weighted by Gasteiger charge is -2.24. The maximum absolute atomic E-state index is 12.4. The first-order valence-corrected chi connectivity index (χ1v) is 8.28. The maximum atomic E-state index is 12.4. The standard InChI is InChI=1S/C17H23N3O4/c1-23-12-5-6-13(15(10-12)24-2)14-4-3-8-19(14)11-16(21)20-9-7-18-17(20)22/h5-6,10,14H,3-4,7-9,11H2,1-2H3,(H,18,22)/p+1/t14-/m1/s1. The van der Waals surface area contributed by atoms with Crippen LogP contribution in [0.4, 0.5) is 4.79 Å². The van der Waals surface area contributed by atoms with Gasteiger partial charge in [0, 0.05) is 32.0 Å². The molecule has 2 heterocycles. The first kappa shape index (κ1) is 16.6. The lowest BCUT2D eigenvalue weighted by atomic mass is 10.0. The van der Waals surface area contributed by atoms with Crippen LogP contribution in [0.15, 0.2) is 18.2 Å². The van der Waals surface area contributed by atoms with E-state index in [1.807, 2.05) is 18.2 Å². The Balaban J connectivity index is 1.76. The number of likely N-dealkylation sites (tertiary alicyclic amines) is 1. The van der Waals surface area contributed by atoms with E-state index < -0.39 is 0 Å². The van der Waals surface area contributed by atoms with Crippen molar-refractivity contribution in [2.24, 2.45) is 0 Å². The fourth-order valence-corrected chi connectivity index (χ4v) is 3.60. The zero-order chi connectivity index (χ0) is 17.1. The molecule has 2 N–H and O–H groups in total. The molecule has 24 heavy (non-hydrogen) atoms. The summed E-state index contributed by atoms with van der Waals surface area (Å²) in [6.07, 6.45) is 2.05. The van der Waals surface area contributed by atoms with Crippen molar-refractivity contribution in [3.63, 3.8) is 0 Å². The van der Waals surface area contributed by atoms with Gasteiger partial charge in [-0.3, -0.25) is 9.69 Å². The summed E-state index contributed by atoms with van der Waals surface area (Å²) in [6.45, 7) is 2.24. The van der Waals surface area contributed by atoms with E-state index in [2.05, 4.69) is 5.32 Å². The normalized spacial score (nSPS) is 23.2. The highest BCUT2D eigenvalue weighted by molar-refractivity contribution is 5.96. The molecule has 2 fully saturated rings. The molecule has 1 aromatic rings. The number of rotatable bonds is 5. The minimum Gasteiger partial charge on any atom is -0.497 e. The van der Waals surface area contributed by atoms with Crippen molar-refractivity contribution in [2.45, 2.75) is 18.9 Å². The molecule has 1 aromatic carbocycles. The van der Waals surface area contributed by atoms with Crippen LogP contribution in [-0.4, -0.2) is 57.2 Å². The van der Waals surface area contributed by atoms with Crippen molar-refractivity contribution < 1.29 is 24.0 Å². The van der Waals surface area contributed by atoms with Crippen molar-refractivity contribution in [3.8, 4) is 11.5 Å². The SMILES string of the molecule is COc1ccc([C@H]2CCC[NH+]2CC(=O)N2CCNC2=O)c(OC)c1. The smallest absolute Gasteiger partial charge is 0.324 e. The molecule has 0 bridgehead atoms. The number of hydrogen-bond donors (Lipinski definition) is 2. The summed E-state index contributed by atoms with van der Waals surface area (Å²) >= 11 is 0. The summed E-state index contributed by atoms with van der Waals surface area (Å²) < 4.78 is 10.8. The Labute approximate surface area is 141 Å². The zero-order valence-corrected chi connectivity index (χ0v) is 14.1. The molecule has 0 aromatic heterocycles. The summed E-state index contributed by atoms with van der Waals surface area (Å²) in [4.78, 5) is 26.6. The molecule has 2 atom stereocenters. The summed E-state index contributed by atoms with van der Waals surface area (Å²) in [7, 11) is 3.27. The summed E-state index contributed by atoms with van der Waals surface area (Å²) in [5, 5.41) is 2.67. The lowest BCUT2D eigenvalue weighted by molar-refractivity contribution is -0.910. The Hall–Kier alpha value is -2.28. The Morgan fingerprint density at radius 3 is 2.88 bits per heavy atom. The molecule has 0 spiro atoms. The van der Waals surface area contributed by atoms with Gasteiger partial charge in [-0.15, -0.1) is 0 Å². The van der Waals surface area contributed by atoms with Crippen LogP contribution >= 0.6 is 0 Å². The predicted octanol–water partition coefficient (Wildman–Crippen LogP) is -0.0246. The highest BCUT2D eigenvalue weighted by Gasteiger charge is 2.36. The minimum atomic E-state index is -0.280. The number of methoxy groups -OCH3 is 2. The van der Waals surface area contributed by atoms with Gasteiger partial charge in [0.25, 0.3) is 5.91 Å². The fraction of sp³-hybridized carbons (Fsp3) is 0.529. The van der Waals surface area contributed by atoms with E-state index in [1.54, 1.807) is 14.2 Å². The van der Waals surface area contributed by atoms with Crippen molar-refractivity contribution in [1.82, 2.24) is 10.2 Å². The molecule has 3 rings (SSSR count). The molecule has 2 saturated heterocycles. The Morgan fingerprint density at radius 2 is 2.21 bits per heavy atom. The number of nitrogens with zero attached hydrogens (tertiary/aromatic N) is 1. The number of imide groups is 1. The van der Waals surface area contributed by atoms with Gasteiger partial charge < -0.3 is 19.7 Å². The van der Waals surface area contributed by atoms with Gasteiger partial charge in [-0.1, -0.05) is 0 Å². The second kappa shape index (κ2) is 7.09. The molecule has 7 heteroatoms. The second-order valence-corrected chi connectivity index (χ2v) is 6.17. The second-order valence-electron chi connectivity index (χ2n) is 6.17. The number of benzene rings is 1. The molecule has 0 saturated carbocycles. The summed E-state index contributed by atoms with van der Waals surface area (Å²) in [5.74, 6) is 1.42. The molecule has 0 radical (unpaired) electrons. The number of ether oxygens (including phenoxy) is 2. The molecule has 1 unspecified atom stereocenters. The Morgan fingerprint density at radius 1 is 1.38 bits per heavy atom.